The topological polar surface area (TPSA) is 58.5 Å². The van der Waals surface area contributed by atoms with Gasteiger partial charge in [-0.25, -0.2) is 4.83 Å². The first-order valence-corrected chi connectivity index (χ1v) is 8.19. The summed E-state index contributed by atoms with van der Waals surface area (Å²) in [7, 11) is -3.52. The van der Waals surface area contributed by atoms with E-state index in [-0.39, 0.29) is 4.90 Å². The molecule has 2 fully saturated rings. The van der Waals surface area contributed by atoms with Crippen molar-refractivity contribution in [2.45, 2.75) is 37.5 Å². The molecule has 1 N–H and O–H groups in total. The monoisotopic (exact) mass is 278 g/mol. The van der Waals surface area contributed by atoms with Gasteiger partial charge in [0.2, 0.25) is 0 Å². The number of hydrogen-bond acceptors (Lipinski definition) is 3. The summed E-state index contributed by atoms with van der Waals surface area (Å²) in [5, 5.41) is 4.16. The van der Waals surface area contributed by atoms with Gasteiger partial charge in [-0.05, 0) is 50.7 Å². The van der Waals surface area contributed by atoms with Crippen LogP contribution in [-0.2, 0) is 10.0 Å². The van der Waals surface area contributed by atoms with E-state index < -0.39 is 10.0 Å². The van der Waals surface area contributed by atoms with Crippen LogP contribution in [0.25, 0.3) is 0 Å². The average Bonchev–Trinajstić information content (AvgIpc) is 3.16. The Kier molecular flexibility index (Phi) is 3.09. The summed E-state index contributed by atoms with van der Waals surface area (Å²) in [5.74, 6) is 1.30. The summed E-state index contributed by atoms with van der Waals surface area (Å²) in [6.07, 6.45) is 4.52. The molecule has 2 aliphatic rings. The number of hydrazone groups is 1. The molecule has 3 rings (SSSR count). The van der Waals surface area contributed by atoms with Crippen LogP contribution in [0, 0.1) is 18.8 Å². The van der Waals surface area contributed by atoms with Crippen LogP contribution in [0.5, 0.6) is 0 Å². The van der Waals surface area contributed by atoms with Crippen molar-refractivity contribution < 1.29 is 8.42 Å². The highest BCUT2D eigenvalue weighted by Crippen LogP contribution is 2.47. The number of fused-ring (bicyclic) bond motifs is 1. The van der Waals surface area contributed by atoms with Crippen LogP contribution >= 0.6 is 0 Å². The van der Waals surface area contributed by atoms with Gasteiger partial charge in [0.1, 0.15) is 0 Å². The molecule has 5 heteroatoms. The zero-order valence-corrected chi connectivity index (χ0v) is 11.8. The van der Waals surface area contributed by atoms with Gasteiger partial charge in [-0.1, -0.05) is 17.7 Å². The molecule has 1 aromatic rings. The molecule has 2 aliphatic carbocycles. The minimum atomic E-state index is -3.52. The van der Waals surface area contributed by atoms with E-state index in [1.165, 1.54) is 12.8 Å². The normalized spacial score (nSPS) is 27.9. The Balaban J connectivity index is 1.75. The maximum absolute atomic E-state index is 12.1. The van der Waals surface area contributed by atoms with Gasteiger partial charge in [0.05, 0.1) is 4.90 Å². The highest BCUT2D eigenvalue weighted by Gasteiger charge is 2.43. The summed E-state index contributed by atoms with van der Waals surface area (Å²) < 4.78 is 24.2. The number of benzene rings is 1. The quantitative estimate of drug-likeness (QED) is 0.863. The fraction of sp³-hybridized carbons (Fsp3) is 0.500. The number of nitrogens with zero attached hydrogens (tertiary/aromatic N) is 1. The van der Waals surface area contributed by atoms with Gasteiger partial charge in [-0.3, -0.25) is 0 Å². The summed E-state index contributed by atoms with van der Waals surface area (Å²) in [6.45, 7) is 1.93. The largest absolute Gasteiger partial charge is 0.276 e. The first-order valence-electron chi connectivity index (χ1n) is 6.71. The summed E-state index contributed by atoms with van der Waals surface area (Å²) in [6, 6.07) is 6.80. The van der Waals surface area contributed by atoms with E-state index in [4.69, 9.17) is 0 Å². The number of hydrogen-bond donors (Lipinski definition) is 1. The fourth-order valence-corrected chi connectivity index (χ4v) is 3.57. The smallest absolute Gasteiger partial charge is 0.200 e. The van der Waals surface area contributed by atoms with Crippen molar-refractivity contribution in [1.29, 1.82) is 0 Å². The summed E-state index contributed by atoms with van der Waals surface area (Å²) >= 11 is 0. The third kappa shape index (κ3) is 2.66. The van der Waals surface area contributed by atoms with E-state index in [1.54, 1.807) is 24.3 Å². The zero-order valence-electron chi connectivity index (χ0n) is 11.0. The van der Waals surface area contributed by atoms with Gasteiger partial charge in [0, 0.05) is 11.6 Å². The minimum Gasteiger partial charge on any atom is -0.200 e. The average molecular weight is 278 g/mol. The second-order valence-electron chi connectivity index (χ2n) is 5.51. The molecule has 2 unspecified atom stereocenters. The maximum atomic E-state index is 12.1. The lowest BCUT2D eigenvalue weighted by Gasteiger charge is -2.12. The van der Waals surface area contributed by atoms with Gasteiger partial charge in [0.15, 0.2) is 0 Å². The van der Waals surface area contributed by atoms with Crippen molar-refractivity contribution in [3.05, 3.63) is 29.8 Å². The highest BCUT2D eigenvalue weighted by atomic mass is 32.2. The van der Waals surface area contributed by atoms with Crippen molar-refractivity contribution in [3.8, 4) is 0 Å². The van der Waals surface area contributed by atoms with Crippen LogP contribution in [0.15, 0.2) is 34.3 Å². The Morgan fingerprint density at radius 3 is 2.74 bits per heavy atom. The van der Waals surface area contributed by atoms with Crippen molar-refractivity contribution in [1.82, 2.24) is 4.83 Å². The maximum Gasteiger partial charge on any atom is 0.276 e. The molecule has 2 atom stereocenters. The van der Waals surface area contributed by atoms with E-state index in [0.29, 0.717) is 5.92 Å². The Morgan fingerprint density at radius 1 is 1.26 bits per heavy atom. The third-order valence-corrected chi connectivity index (χ3v) is 5.22. The highest BCUT2D eigenvalue weighted by molar-refractivity contribution is 7.89. The van der Waals surface area contributed by atoms with Crippen molar-refractivity contribution in [3.63, 3.8) is 0 Å². The molecule has 0 aromatic heterocycles. The molecule has 0 aliphatic heterocycles. The van der Waals surface area contributed by atoms with E-state index in [0.717, 1.165) is 30.0 Å². The van der Waals surface area contributed by atoms with Gasteiger partial charge in [-0.15, -0.1) is 0 Å². The molecular weight excluding hydrogens is 260 g/mol. The second-order valence-corrected chi connectivity index (χ2v) is 7.17. The molecule has 0 saturated heterocycles. The standard InChI is InChI=1S/C14H18N2O2S/c1-10-5-7-12(8-6-10)19(17,18)16-15-14-4-2-3-11-9-13(11)14/h5-8,11,13,16H,2-4,9H2,1H3/b15-14-. The van der Waals surface area contributed by atoms with E-state index in [1.807, 2.05) is 6.92 Å². The van der Waals surface area contributed by atoms with Crippen LogP contribution in [0.4, 0.5) is 0 Å². The van der Waals surface area contributed by atoms with Crippen molar-refractivity contribution in [2.24, 2.45) is 16.9 Å². The van der Waals surface area contributed by atoms with E-state index >= 15 is 0 Å². The lowest BCUT2D eigenvalue weighted by molar-refractivity contribution is 0.581. The molecule has 1 aromatic carbocycles. The Morgan fingerprint density at radius 2 is 2.00 bits per heavy atom. The van der Waals surface area contributed by atoms with Crippen LogP contribution < -0.4 is 4.83 Å². The molecule has 2 saturated carbocycles. The molecular formula is C14H18N2O2S. The first kappa shape index (κ1) is 12.7. The SMILES string of the molecule is Cc1ccc(S(=O)(=O)N/N=C2/CCCC3CC23)cc1. The van der Waals surface area contributed by atoms with Crippen molar-refractivity contribution in [2.75, 3.05) is 0 Å². The molecule has 102 valence electrons. The van der Waals surface area contributed by atoms with Gasteiger partial charge in [-0.2, -0.15) is 13.5 Å². The Hall–Kier alpha value is -1.36. The van der Waals surface area contributed by atoms with Crippen LogP contribution in [0.2, 0.25) is 0 Å². The number of sulfonamides is 1. The number of rotatable bonds is 3. The van der Waals surface area contributed by atoms with E-state index in [2.05, 4.69) is 9.93 Å². The van der Waals surface area contributed by atoms with Gasteiger partial charge < -0.3 is 0 Å². The lowest BCUT2D eigenvalue weighted by Crippen LogP contribution is -2.22. The Bertz CT molecular complexity index is 605. The Labute approximate surface area is 114 Å². The first-order chi connectivity index (χ1) is 9.06. The molecule has 0 heterocycles. The molecule has 4 nitrogen and oxygen atoms in total. The van der Waals surface area contributed by atoms with Gasteiger partial charge in [0.25, 0.3) is 10.0 Å². The minimum absolute atomic E-state index is 0.269. The summed E-state index contributed by atoms with van der Waals surface area (Å²) in [5.41, 5.74) is 2.07. The molecule has 19 heavy (non-hydrogen) atoms. The van der Waals surface area contributed by atoms with Crippen LogP contribution in [-0.4, -0.2) is 14.1 Å². The second kappa shape index (κ2) is 4.63. The van der Waals surface area contributed by atoms with Gasteiger partial charge >= 0.3 is 0 Å². The fourth-order valence-electron chi connectivity index (χ4n) is 2.73. The molecule has 0 spiro atoms. The zero-order chi connectivity index (χ0) is 13.5. The molecule has 0 radical (unpaired) electrons. The predicted molar refractivity (Wildman–Crippen MR) is 74.4 cm³/mol. The third-order valence-electron chi connectivity index (χ3n) is 4.00. The number of nitrogens with one attached hydrogen (secondary N) is 1. The van der Waals surface area contributed by atoms with Crippen molar-refractivity contribution >= 4 is 15.7 Å². The predicted octanol–water partition coefficient (Wildman–Crippen LogP) is 2.45. The van der Waals surface area contributed by atoms with Crippen LogP contribution in [0.1, 0.15) is 31.2 Å². The van der Waals surface area contributed by atoms with E-state index in [9.17, 15) is 8.42 Å². The van der Waals surface area contributed by atoms with Crippen LogP contribution in [0.3, 0.4) is 0 Å². The summed E-state index contributed by atoms with van der Waals surface area (Å²) in [4.78, 5) is 2.65. The molecule has 0 bridgehead atoms. The molecule has 0 amide bonds. The number of aryl methyl sites for hydroxylation is 1. The lowest BCUT2D eigenvalue weighted by atomic mass is 9.99.